The summed E-state index contributed by atoms with van der Waals surface area (Å²) in [5.74, 6) is -0.120. The maximum absolute atomic E-state index is 12.6. The van der Waals surface area contributed by atoms with Crippen LogP contribution in [0.2, 0.25) is 10.0 Å². The number of pyridine rings is 1. The monoisotopic (exact) mass is 682 g/mol. The Kier molecular flexibility index (Phi) is 9.37. The van der Waals surface area contributed by atoms with Crippen LogP contribution in [0.25, 0.3) is 22.4 Å². The number of fused-ring (bicyclic) bond motifs is 1. The maximum atomic E-state index is 12.6. The Morgan fingerprint density at radius 2 is 1.81 bits per heavy atom. The molecular weight excluding hydrogens is 651 g/mol. The fourth-order valence-electron chi connectivity index (χ4n) is 5.60. The molecule has 1 amide bonds. The van der Waals surface area contributed by atoms with Gasteiger partial charge >= 0.3 is 0 Å². The summed E-state index contributed by atoms with van der Waals surface area (Å²) in [6, 6.07) is 21.8. The first kappa shape index (κ1) is 31.3. The smallest absolute Gasteiger partial charge is 0.255 e. The van der Waals surface area contributed by atoms with Gasteiger partial charge in [-0.1, -0.05) is 70.3 Å². The Morgan fingerprint density at radius 3 is 2.53 bits per heavy atom. The molecule has 3 unspecified atom stereocenters. The molecule has 0 radical (unpaired) electrons. The molecule has 2 heterocycles. The van der Waals surface area contributed by atoms with Gasteiger partial charge in [-0.25, -0.2) is 4.98 Å². The van der Waals surface area contributed by atoms with E-state index in [4.69, 9.17) is 32.9 Å². The highest BCUT2D eigenvalue weighted by atomic mass is 79.9. The molecule has 0 spiro atoms. The number of hydrogen-bond donors (Lipinski definition) is 3. The summed E-state index contributed by atoms with van der Waals surface area (Å²) in [4.78, 5) is 17.7. The zero-order valence-corrected chi connectivity index (χ0v) is 27.2. The van der Waals surface area contributed by atoms with Gasteiger partial charge in [-0.15, -0.1) is 0 Å². The van der Waals surface area contributed by atoms with Gasteiger partial charge in [0.05, 0.1) is 22.4 Å². The summed E-state index contributed by atoms with van der Waals surface area (Å²) in [5.41, 5.74) is 3.94. The lowest BCUT2D eigenvalue weighted by Gasteiger charge is -2.39. The Morgan fingerprint density at radius 1 is 1.09 bits per heavy atom. The van der Waals surface area contributed by atoms with Crippen LogP contribution in [0.15, 0.2) is 77.3 Å². The molecule has 43 heavy (non-hydrogen) atoms. The predicted molar refractivity (Wildman–Crippen MR) is 175 cm³/mol. The normalized spacial score (nSPS) is 17.0. The number of phenols is 1. The van der Waals surface area contributed by atoms with Crippen LogP contribution in [0.5, 0.6) is 11.6 Å². The second-order valence-electron chi connectivity index (χ2n) is 11.7. The predicted octanol–water partition coefficient (Wildman–Crippen LogP) is 8.65. The van der Waals surface area contributed by atoms with E-state index in [1.165, 1.54) is 6.07 Å². The third kappa shape index (κ3) is 7.18. The number of hydrogen-bond acceptors (Lipinski definition) is 5. The number of carbonyl (C=O) groups is 1. The summed E-state index contributed by atoms with van der Waals surface area (Å²) >= 11 is 16.5. The van der Waals surface area contributed by atoms with Crippen LogP contribution in [-0.4, -0.2) is 39.4 Å². The van der Waals surface area contributed by atoms with Crippen LogP contribution in [0.1, 0.15) is 55.5 Å². The number of ether oxygens (including phenoxy) is 1. The molecule has 6 nitrogen and oxygen atoms in total. The number of phenolic OH excluding ortho intramolecular Hbond substituents is 1. The van der Waals surface area contributed by atoms with Gasteiger partial charge in [0, 0.05) is 32.7 Å². The van der Waals surface area contributed by atoms with Crippen LogP contribution in [0.3, 0.4) is 0 Å². The first-order valence-electron chi connectivity index (χ1n) is 14.1. The minimum atomic E-state index is -0.798. The van der Waals surface area contributed by atoms with E-state index in [0.717, 1.165) is 33.1 Å². The third-order valence-electron chi connectivity index (χ3n) is 7.84. The molecule has 3 N–H and O–H groups in total. The second-order valence-corrected chi connectivity index (χ2v) is 13.4. The number of nitrogens with zero attached hydrogens (tertiary/aromatic N) is 1. The summed E-state index contributed by atoms with van der Waals surface area (Å²) in [7, 11) is 0. The van der Waals surface area contributed by atoms with Gasteiger partial charge < -0.3 is 20.3 Å². The van der Waals surface area contributed by atoms with Gasteiger partial charge in [0.25, 0.3) is 5.91 Å². The topological polar surface area (TPSA) is 91.7 Å². The number of aliphatic hydroxyl groups is 1. The number of halogens is 3. The summed E-state index contributed by atoms with van der Waals surface area (Å²) in [6.45, 7) is 6.11. The van der Waals surface area contributed by atoms with Crippen molar-refractivity contribution in [2.24, 2.45) is 5.92 Å². The fourth-order valence-corrected chi connectivity index (χ4v) is 6.30. The van der Waals surface area contributed by atoms with E-state index in [1.807, 2.05) is 63.2 Å². The Labute approximate surface area is 270 Å². The standard InChI is InChI=1S/C34H33BrCl2N2O4/c1-19(30(41)18-38-32(42)24-6-4-5-7-29(24)40)14-21-17-34(2,3)43-33-26(21)16-25(20-8-11-23(36)12-9-20)31(39-33)27-15-22(35)10-13-28(27)37/h4-13,15-16,19,21,30,40-41H,14,17-18H2,1-3H3,(H,38,42). The number of carbonyl (C=O) groups excluding carboxylic acids is 1. The molecule has 0 saturated carbocycles. The van der Waals surface area contributed by atoms with Crippen LogP contribution in [-0.2, 0) is 0 Å². The minimum Gasteiger partial charge on any atom is -0.507 e. The van der Waals surface area contributed by atoms with Crippen molar-refractivity contribution in [2.75, 3.05) is 6.54 Å². The van der Waals surface area contributed by atoms with E-state index in [0.29, 0.717) is 28.0 Å². The van der Waals surface area contributed by atoms with E-state index in [1.54, 1.807) is 18.2 Å². The molecule has 5 rings (SSSR count). The molecule has 0 saturated heterocycles. The number of amides is 1. The van der Waals surface area contributed by atoms with Crippen molar-refractivity contribution in [1.29, 1.82) is 0 Å². The first-order valence-corrected chi connectivity index (χ1v) is 15.7. The molecule has 0 bridgehead atoms. The number of nitrogens with one attached hydrogen (secondary N) is 1. The average Bonchev–Trinajstić information content (AvgIpc) is 2.96. The van der Waals surface area contributed by atoms with E-state index < -0.39 is 17.6 Å². The summed E-state index contributed by atoms with van der Waals surface area (Å²) in [6.07, 6.45) is 0.569. The van der Waals surface area contributed by atoms with Crippen LogP contribution in [0.4, 0.5) is 0 Å². The van der Waals surface area contributed by atoms with E-state index >= 15 is 0 Å². The zero-order chi connectivity index (χ0) is 30.9. The number of aliphatic hydroxyl groups excluding tert-OH is 1. The van der Waals surface area contributed by atoms with E-state index in [-0.39, 0.29) is 29.7 Å². The average molecular weight is 684 g/mol. The summed E-state index contributed by atoms with van der Waals surface area (Å²) < 4.78 is 7.32. The maximum Gasteiger partial charge on any atom is 0.255 e. The van der Waals surface area contributed by atoms with Crippen molar-refractivity contribution in [2.45, 2.75) is 51.2 Å². The molecule has 1 aliphatic heterocycles. The number of rotatable bonds is 8. The molecule has 9 heteroatoms. The van der Waals surface area contributed by atoms with Crippen LogP contribution < -0.4 is 10.1 Å². The Bertz CT molecular complexity index is 1640. The number of benzene rings is 3. The largest absolute Gasteiger partial charge is 0.507 e. The van der Waals surface area contributed by atoms with Crippen molar-refractivity contribution in [1.82, 2.24) is 10.3 Å². The van der Waals surface area contributed by atoms with Gasteiger partial charge in [0.2, 0.25) is 5.88 Å². The Hall–Kier alpha value is -3.10. The molecule has 0 aliphatic carbocycles. The lowest BCUT2D eigenvalue weighted by molar-refractivity contribution is 0.0509. The first-order chi connectivity index (χ1) is 20.4. The third-order valence-corrected chi connectivity index (χ3v) is 8.91. The van der Waals surface area contributed by atoms with E-state index in [9.17, 15) is 15.0 Å². The second kappa shape index (κ2) is 12.9. The molecule has 1 aromatic heterocycles. The Balaban J connectivity index is 1.47. The molecule has 3 aromatic carbocycles. The number of aromatic hydroxyl groups is 1. The highest BCUT2D eigenvalue weighted by molar-refractivity contribution is 9.10. The van der Waals surface area contributed by atoms with Gasteiger partial charge in [-0.2, -0.15) is 0 Å². The minimum absolute atomic E-state index is 0.0304. The number of aromatic nitrogens is 1. The molecule has 4 aromatic rings. The highest BCUT2D eigenvalue weighted by Crippen LogP contribution is 2.47. The lowest BCUT2D eigenvalue weighted by atomic mass is 9.78. The van der Waals surface area contributed by atoms with Crippen molar-refractivity contribution in [3.8, 4) is 34.0 Å². The fraction of sp³-hybridized carbons (Fsp3) is 0.294. The molecule has 224 valence electrons. The van der Waals surface area contributed by atoms with Gasteiger partial charge in [0.15, 0.2) is 0 Å². The number of para-hydroxylation sites is 1. The van der Waals surface area contributed by atoms with Crippen molar-refractivity contribution in [3.63, 3.8) is 0 Å². The van der Waals surface area contributed by atoms with Gasteiger partial charge in [-0.05, 0) is 92.6 Å². The zero-order valence-electron chi connectivity index (χ0n) is 24.1. The van der Waals surface area contributed by atoms with Crippen molar-refractivity contribution >= 4 is 45.0 Å². The van der Waals surface area contributed by atoms with Gasteiger partial charge in [-0.3, -0.25) is 4.79 Å². The highest BCUT2D eigenvalue weighted by Gasteiger charge is 2.37. The van der Waals surface area contributed by atoms with Gasteiger partial charge in [0.1, 0.15) is 11.4 Å². The molecule has 1 aliphatic rings. The SMILES string of the molecule is CC(CC1CC(C)(C)Oc2nc(-c3cc(Br)ccc3Cl)c(-c3ccc(Cl)cc3)cc21)C(O)CNC(=O)c1ccccc1O. The molecule has 3 atom stereocenters. The summed E-state index contributed by atoms with van der Waals surface area (Å²) in [5, 5.41) is 25.0. The van der Waals surface area contributed by atoms with Crippen LogP contribution >= 0.6 is 39.1 Å². The van der Waals surface area contributed by atoms with E-state index in [2.05, 4.69) is 27.3 Å². The lowest BCUT2D eigenvalue weighted by Crippen LogP contribution is -2.38. The molecule has 0 fully saturated rings. The van der Waals surface area contributed by atoms with Crippen molar-refractivity contribution < 1.29 is 19.7 Å². The van der Waals surface area contributed by atoms with Crippen molar-refractivity contribution in [3.05, 3.63) is 98.4 Å². The molecular formula is C34H33BrCl2N2O4. The quantitative estimate of drug-likeness (QED) is 0.173. The van der Waals surface area contributed by atoms with Crippen LogP contribution in [0, 0.1) is 5.92 Å².